The van der Waals surface area contributed by atoms with E-state index in [0.717, 1.165) is 96.3 Å². The van der Waals surface area contributed by atoms with Crippen LogP contribution in [0.4, 0.5) is 0 Å². The van der Waals surface area contributed by atoms with Gasteiger partial charge in [0.05, 0.1) is 34.4 Å². The van der Waals surface area contributed by atoms with Crippen molar-refractivity contribution in [1.82, 2.24) is 0 Å². The Labute approximate surface area is 480 Å². The van der Waals surface area contributed by atoms with Crippen molar-refractivity contribution in [2.45, 2.75) is 289 Å². The van der Waals surface area contributed by atoms with Gasteiger partial charge in [0.25, 0.3) is 6.29 Å². The lowest BCUT2D eigenvalue weighted by molar-refractivity contribution is -0.870. The molecule has 450 valence electrons. The van der Waals surface area contributed by atoms with E-state index in [1.807, 2.05) is 21.1 Å². The number of unbranched alkanes of at least 4 members (excludes halogenated alkanes) is 30. The van der Waals surface area contributed by atoms with Crippen LogP contribution in [0.25, 0.3) is 0 Å². The van der Waals surface area contributed by atoms with Crippen LogP contribution in [0.15, 0.2) is 85.1 Å². The van der Waals surface area contributed by atoms with E-state index in [9.17, 15) is 19.5 Å². The van der Waals surface area contributed by atoms with E-state index >= 15 is 0 Å². The lowest BCUT2D eigenvalue weighted by Gasteiger charge is -2.25. The monoisotopic (exact) mass is 1090 g/mol. The van der Waals surface area contributed by atoms with Gasteiger partial charge in [0.2, 0.25) is 0 Å². The Morgan fingerprint density at radius 1 is 0.397 bits per heavy atom. The number of hydrogen-bond donors (Lipinski definition) is 1. The molecule has 0 spiro atoms. The maximum atomic E-state index is 12.9. The molecule has 0 radical (unpaired) electrons. The Balaban J connectivity index is 4.00. The molecule has 0 heterocycles. The van der Waals surface area contributed by atoms with Gasteiger partial charge >= 0.3 is 17.9 Å². The van der Waals surface area contributed by atoms with Crippen LogP contribution in [0.3, 0.4) is 0 Å². The third kappa shape index (κ3) is 60.1. The first kappa shape index (κ1) is 74.5. The second kappa shape index (κ2) is 59.6. The van der Waals surface area contributed by atoms with Gasteiger partial charge in [-0.3, -0.25) is 9.59 Å². The molecule has 0 fully saturated rings. The van der Waals surface area contributed by atoms with Crippen LogP contribution in [-0.2, 0) is 33.3 Å². The van der Waals surface area contributed by atoms with Gasteiger partial charge in [-0.1, -0.05) is 259 Å². The van der Waals surface area contributed by atoms with Gasteiger partial charge < -0.3 is 28.5 Å². The van der Waals surface area contributed by atoms with Crippen molar-refractivity contribution in [3.8, 4) is 0 Å². The average Bonchev–Trinajstić information content (AvgIpc) is 3.41. The van der Waals surface area contributed by atoms with E-state index in [1.165, 1.54) is 154 Å². The fraction of sp³-hybridized carbons (Fsp3) is 0.754. The molecule has 0 aliphatic carbocycles. The predicted molar refractivity (Wildman–Crippen MR) is 332 cm³/mol. The summed E-state index contributed by atoms with van der Waals surface area (Å²) in [4.78, 5) is 37.4. The Bertz CT molecular complexity index is 1550. The number of carboxylic acid groups (broad SMARTS) is 1. The normalized spacial score (nSPS) is 13.3. The van der Waals surface area contributed by atoms with E-state index in [0.29, 0.717) is 17.4 Å². The van der Waals surface area contributed by atoms with Gasteiger partial charge in [-0.2, -0.15) is 0 Å². The number of nitrogens with zero attached hydrogens (tertiary/aromatic N) is 1. The van der Waals surface area contributed by atoms with E-state index in [-0.39, 0.29) is 32.2 Å². The second-order valence-corrected chi connectivity index (χ2v) is 22.7. The van der Waals surface area contributed by atoms with E-state index < -0.39 is 24.3 Å². The van der Waals surface area contributed by atoms with Crippen molar-refractivity contribution in [1.29, 1.82) is 0 Å². The number of carbonyl (C=O) groups is 3. The van der Waals surface area contributed by atoms with Crippen molar-refractivity contribution in [3.63, 3.8) is 0 Å². The molecule has 0 amide bonds. The number of quaternary nitrogens is 1. The standard InChI is InChI=1S/C69H121NO8/c1-6-8-10-12-14-16-18-20-22-23-24-25-26-27-28-29-30-31-32-33-34-35-36-37-38-39-40-41-42-43-44-45-46-48-50-52-54-56-58-60-67(72)78-65(64-77-69(68(73)74)75-62-61-70(3,4)5)63-76-66(71)59-57-55-53-51-49-47-21-19-17-15-13-11-9-7-2/h8,10,14,16,19-22,24-25,27-28,30-31,65,69H,6-7,9,11-13,15,17-18,23,26,29,32-64H2,1-5H3/p+1/b10-8-,16-14-,21-19-,22-20-,25-24-,28-27-,31-30-. The number of likely N-dealkylation sites (N-methyl/N-ethyl adjacent to an activating group) is 1. The van der Waals surface area contributed by atoms with Crippen molar-refractivity contribution in [3.05, 3.63) is 85.1 Å². The summed E-state index contributed by atoms with van der Waals surface area (Å²) in [5.41, 5.74) is 0. The van der Waals surface area contributed by atoms with Crippen molar-refractivity contribution < 1.29 is 42.9 Å². The fourth-order valence-corrected chi connectivity index (χ4v) is 8.95. The van der Waals surface area contributed by atoms with E-state index in [1.54, 1.807) is 0 Å². The minimum absolute atomic E-state index is 0.185. The van der Waals surface area contributed by atoms with Crippen molar-refractivity contribution in [2.24, 2.45) is 0 Å². The average molecular weight is 1090 g/mol. The lowest BCUT2D eigenvalue weighted by atomic mass is 10.0. The summed E-state index contributed by atoms with van der Waals surface area (Å²) in [6.45, 7) is 4.76. The van der Waals surface area contributed by atoms with Crippen LogP contribution in [0.1, 0.15) is 277 Å². The van der Waals surface area contributed by atoms with Crippen LogP contribution >= 0.6 is 0 Å². The molecule has 0 saturated heterocycles. The van der Waals surface area contributed by atoms with Gasteiger partial charge in [-0.25, -0.2) is 4.79 Å². The SMILES string of the molecule is CC/C=C\C/C=C\C/C=C\C/C=C\C/C=C\C/C=C\CCCCCCCCCCCCCCCCCCCCCCC(=O)OC(COC(=O)CCCCCCC/C=C\CCCCCCC)COC(OCC[N+](C)(C)C)C(=O)O. The number of ether oxygens (including phenoxy) is 4. The number of allylic oxidation sites excluding steroid dienone is 14. The molecule has 2 unspecified atom stereocenters. The number of esters is 2. The van der Waals surface area contributed by atoms with Crippen LogP contribution in [0.5, 0.6) is 0 Å². The largest absolute Gasteiger partial charge is 0.477 e. The minimum atomic E-state index is -1.51. The Hall–Kier alpha value is -3.53. The Kier molecular flexibility index (Phi) is 56.9. The Morgan fingerprint density at radius 2 is 0.731 bits per heavy atom. The summed E-state index contributed by atoms with van der Waals surface area (Å²) in [6.07, 6.45) is 76.9. The first-order valence-corrected chi connectivity index (χ1v) is 32.3. The number of hydrogen-bond acceptors (Lipinski definition) is 7. The quantitative estimate of drug-likeness (QED) is 0.0211. The highest BCUT2D eigenvalue weighted by Crippen LogP contribution is 2.17. The minimum Gasteiger partial charge on any atom is -0.477 e. The number of carboxylic acids is 1. The summed E-state index contributed by atoms with van der Waals surface area (Å²) >= 11 is 0. The number of carbonyl (C=O) groups excluding carboxylic acids is 2. The van der Waals surface area contributed by atoms with Gasteiger partial charge in [-0.15, -0.1) is 0 Å². The zero-order valence-corrected chi connectivity index (χ0v) is 51.3. The summed E-state index contributed by atoms with van der Waals surface area (Å²) < 4.78 is 22.9. The second-order valence-electron chi connectivity index (χ2n) is 22.7. The summed E-state index contributed by atoms with van der Waals surface area (Å²) in [7, 11) is 5.97. The van der Waals surface area contributed by atoms with Gasteiger partial charge in [0.15, 0.2) is 6.10 Å². The highest BCUT2D eigenvalue weighted by atomic mass is 16.7. The molecule has 0 rings (SSSR count). The molecule has 1 N–H and O–H groups in total. The summed E-state index contributed by atoms with van der Waals surface area (Å²) in [5.74, 6) is -2.01. The molecule has 9 nitrogen and oxygen atoms in total. The van der Waals surface area contributed by atoms with E-state index in [2.05, 4.69) is 98.9 Å². The molecule has 2 atom stereocenters. The maximum absolute atomic E-state index is 12.9. The van der Waals surface area contributed by atoms with Crippen molar-refractivity contribution >= 4 is 17.9 Å². The van der Waals surface area contributed by atoms with Crippen LogP contribution < -0.4 is 0 Å². The highest BCUT2D eigenvalue weighted by Gasteiger charge is 2.25. The zero-order valence-electron chi connectivity index (χ0n) is 51.3. The van der Waals surface area contributed by atoms with Gasteiger partial charge in [-0.05, 0) is 89.9 Å². The van der Waals surface area contributed by atoms with Crippen molar-refractivity contribution in [2.75, 3.05) is 47.5 Å². The van der Waals surface area contributed by atoms with Gasteiger partial charge in [0, 0.05) is 12.8 Å². The summed E-state index contributed by atoms with van der Waals surface area (Å²) in [6, 6.07) is 0. The smallest absolute Gasteiger partial charge is 0.361 e. The number of aliphatic carboxylic acids is 1. The third-order valence-corrected chi connectivity index (χ3v) is 13.9. The number of rotatable bonds is 59. The van der Waals surface area contributed by atoms with Crippen LogP contribution in [-0.4, -0.2) is 87.4 Å². The molecule has 0 aromatic rings. The predicted octanol–water partition coefficient (Wildman–Crippen LogP) is 19.5. The molecule has 0 aromatic heterocycles. The molecule has 78 heavy (non-hydrogen) atoms. The molecule has 0 aliphatic heterocycles. The summed E-state index contributed by atoms with van der Waals surface area (Å²) in [5, 5.41) is 9.70. The molecule has 0 saturated carbocycles. The topological polar surface area (TPSA) is 108 Å². The first-order valence-electron chi connectivity index (χ1n) is 32.3. The molecular weight excluding hydrogens is 971 g/mol. The fourth-order valence-electron chi connectivity index (χ4n) is 8.95. The first-order chi connectivity index (χ1) is 38.1. The van der Waals surface area contributed by atoms with Crippen LogP contribution in [0, 0.1) is 0 Å². The van der Waals surface area contributed by atoms with Gasteiger partial charge in [0.1, 0.15) is 13.2 Å². The Morgan fingerprint density at radius 3 is 1.10 bits per heavy atom. The molecule has 0 aromatic carbocycles. The maximum Gasteiger partial charge on any atom is 0.361 e. The molecule has 9 heteroatoms. The molecule has 0 aliphatic rings. The third-order valence-electron chi connectivity index (χ3n) is 13.9. The van der Waals surface area contributed by atoms with E-state index in [4.69, 9.17) is 18.9 Å². The van der Waals surface area contributed by atoms with Crippen LogP contribution in [0.2, 0.25) is 0 Å². The zero-order chi connectivity index (χ0) is 56.9. The molecular formula is C69H122NO8+. The molecule has 0 bridgehead atoms. The highest BCUT2D eigenvalue weighted by molar-refractivity contribution is 5.71. The lowest BCUT2D eigenvalue weighted by Crippen LogP contribution is -2.40.